The third kappa shape index (κ3) is 3.98. The number of nitriles is 1. The summed E-state index contributed by atoms with van der Waals surface area (Å²) in [5, 5.41) is 16.7. The van der Waals surface area contributed by atoms with Crippen LogP contribution in [0.2, 0.25) is 0 Å². The number of anilines is 3. The Morgan fingerprint density at radius 3 is 2.71 bits per heavy atom. The van der Waals surface area contributed by atoms with E-state index in [2.05, 4.69) is 39.6 Å². The Balaban J connectivity index is 1.44. The van der Waals surface area contributed by atoms with Gasteiger partial charge in [-0.2, -0.15) is 5.26 Å². The molecule has 2 aromatic heterocycles. The van der Waals surface area contributed by atoms with Crippen molar-refractivity contribution >= 4 is 38.1 Å². The first-order valence-corrected chi connectivity index (χ1v) is 12.5. The molecule has 0 radical (unpaired) electrons. The molecule has 8 nitrogen and oxygen atoms in total. The molecule has 9 heteroatoms. The first-order chi connectivity index (χ1) is 16.5. The number of nitrogens with zero attached hydrogens (tertiary/aromatic N) is 4. The molecule has 2 aromatic carbocycles. The van der Waals surface area contributed by atoms with Gasteiger partial charge < -0.3 is 15.5 Å². The van der Waals surface area contributed by atoms with Crippen LogP contribution in [0.1, 0.15) is 12.5 Å². The van der Waals surface area contributed by atoms with Crippen LogP contribution >= 0.6 is 0 Å². The molecule has 4 aromatic rings. The van der Waals surface area contributed by atoms with Crippen molar-refractivity contribution in [3.63, 3.8) is 0 Å². The number of pyridine rings is 1. The lowest BCUT2D eigenvalue weighted by Gasteiger charge is -2.36. The summed E-state index contributed by atoms with van der Waals surface area (Å²) in [7, 11) is -3.95. The first kappa shape index (κ1) is 21.9. The zero-order valence-electron chi connectivity index (χ0n) is 18.6. The molecule has 0 aliphatic carbocycles. The fourth-order valence-electron chi connectivity index (χ4n) is 4.28. The Morgan fingerprint density at radius 2 is 1.94 bits per heavy atom. The van der Waals surface area contributed by atoms with E-state index in [0.29, 0.717) is 22.8 Å². The summed E-state index contributed by atoms with van der Waals surface area (Å²) < 4.78 is 27.9. The third-order valence-corrected chi connectivity index (χ3v) is 7.80. The van der Waals surface area contributed by atoms with Gasteiger partial charge in [-0.05, 0) is 49.4 Å². The van der Waals surface area contributed by atoms with Crippen LogP contribution in [0.3, 0.4) is 0 Å². The standard InChI is InChI=1S/C25H24N6O2S/c1-18-16-27-11-13-30(18)22-8-6-21(7-9-22)29-25-14-23-20(17-28-25)10-12-31(23)34(32,33)24-5-3-2-4-19(24)15-26/h2-10,12,14,17-18,27H,11,13,16H2,1H3,(H,28,29)/t18-/m1/s1. The van der Waals surface area contributed by atoms with E-state index in [1.165, 1.54) is 28.0 Å². The lowest BCUT2D eigenvalue weighted by atomic mass is 10.1. The molecule has 172 valence electrons. The Bertz CT molecular complexity index is 1490. The van der Waals surface area contributed by atoms with Crippen molar-refractivity contribution < 1.29 is 8.42 Å². The number of nitrogens with one attached hydrogen (secondary N) is 2. The summed E-state index contributed by atoms with van der Waals surface area (Å²) in [4.78, 5) is 6.79. The number of piperazine rings is 1. The van der Waals surface area contributed by atoms with Crippen LogP contribution in [0.15, 0.2) is 78.0 Å². The highest BCUT2D eigenvalue weighted by molar-refractivity contribution is 7.90. The van der Waals surface area contributed by atoms with Gasteiger partial charge in [0, 0.05) is 60.9 Å². The molecule has 1 fully saturated rings. The molecule has 5 rings (SSSR count). The Kier molecular flexibility index (Phi) is 5.69. The number of hydrogen-bond acceptors (Lipinski definition) is 7. The minimum absolute atomic E-state index is 0.0287. The van der Waals surface area contributed by atoms with Crippen LogP contribution in [0.25, 0.3) is 10.9 Å². The smallest absolute Gasteiger partial charge is 0.269 e. The van der Waals surface area contributed by atoms with E-state index in [9.17, 15) is 13.7 Å². The predicted octanol–water partition coefficient (Wildman–Crippen LogP) is 3.69. The van der Waals surface area contributed by atoms with E-state index in [1.54, 1.807) is 30.5 Å². The van der Waals surface area contributed by atoms with Crippen molar-refractivity contribution in [2.45, 2.75) is 17.9 Å². The van der Waals surface area contributed by atoms with E-state index in [0.717, 1.165) is 25.3 Å². The topological polar surface area (TPSA) is 103 Å². The number of aromatic nitrogens is 2. The van der Waals surface area contributed by atoms with E-state index >= 15 is 0 Å². The largest absolute Gasteiger partial charge is 0.366 e. The highest BCUT2D eigenvalue weighted by Crippen LogP contribution is 2.27. The maximum atomic E-state index is 13.3. The van der Waals surface area contributed by atoms with Gasteiger partial charge >= 0.3 is 0 Å². The fraction of sp³-hybridized carbons (Fsp3) is 0.200. The highest BCUT2D eigenvalue weighted by Gasteiger charge is 2.22. The summed E-state index contributed by atoms with van der Waals surface area (Å²) in [6.45, 7) is 5.10. The number of rotatable bonds is 5. The second kappa shape index (κ2) is 8.82. The molecule has 0 saturated carbocycles. The van der Waals surface area contributed by atoms with Crippen molar-refractivity contribution in [2.75, 3.05) is 29.9 Å². The molecule has 0 bridgehead atoms. The molecule has 1 saturated heterocycles. The molecule has 0 unspecified atom stereocenters. The van der Waals surface area contributed by atoms with Crippen molar-refractivity contribution in [3.05, 3.63) is 78.6 Å². The molecule has 0 spiro atoms. The fourth-order valence-corrected chi connectivity index (χ4v) is 5.77. The summed E-state index contributed by atoms with van der Waals surface area (Å²) in [5.74, 6) is 0.527. The zero-order chi connectivity index (χ0) is 23.7. The Morgan fingerprint density at radius 1 is 1.15 bits per heavy atom. The summed E-state index contributed by atoms with van der Waals surface area (Å²) in [6.07, 6.45) is 3.12. The van der Waals surface area contributed by atoms with Gasteiger partial charge in [-0.25, -0.2) is 17.4 Å². The van der Waals surface area contributed by atoms with Crippen molar-refractivity contribution in [1.29, 1.82) is 5.26 Å². The van der Waals surface area contributed by atoms with Gasteiger partial charge in [0.25, 0.3) is 10.0 Å². The summed E-state index contributed by atoms with van der Waals surface area (Å²) in [6, 6.07) is 20.1. The van der Waals surface area contributed by atoms with Gasteiger partial charge in [-0.15, -0.1) is 0 Å². The lowest BCUT2D eigenvalue weighted by molar-refractivity contribution is 0.501. The quantitative estimate of drug-likeness (QED) is 0.457. The number of benzene rings is 2. The van der Waals surface area contributed by atoms with Crippen molar-refractivity contribution in [3.8, 4) is 6.07 Å². The van der Waals surface area contributed by atoms with Crippen LogP contribution in [0.5, 0.6) is 0 Å². The van der Waals surface area contributed by atoms with Gasteiger partial charge in [0.1, 0.15) is 16.8 Å². The van der Waals surface area contributed by atoms with Gasteiger partial charge in [-0.1, -0.05) is 12.1 Å². The molecule has 1 aliphatic rings. The number of hydrogen-bond donors (Lipinski definition) is 2. The molecule has 34 heavy (non-hydrogen) atoms. The minimum Gasteiger partial charge on any atom is -0.366 e. The third-order valence-electron chi connectivity index (χ3n) is 6.06. The minimum atomic E-state index is -3.95. The second-order valence-electron chi connectivity index (χ2n) is 8.27. The van der Waals surface area contributed by atoms with Crippen LogP contribution in [-0.2, 0) is 10.0 Å². The molecule has 1 atom stereocenters. The monoisotopic (exact) mass is 472 g/mol. The lowest BCUT2D eigenvalue weighted by Crippen LogP contribution is -2.49. The van der Waals surface area contributed by atoms with Crippen LogP contribution < -0.4 is 15.5 Å². The molecule has 0 amide bonds. The second-order valence-corrected chi connectivity index (χ2v) is 10.1. The average Bonchev–Trinajstić information content (AvgIpc) is 3.29. The highest BCUT2D eigenvalue weighted by atomic mass is 32.2. The van der Waals surface area contributed by atoms with Gasteiger partial charge in [0.05, 0.1) is 11.1 Å². The normalized spacial score (nSPS) is 16.4. The Labute approximate surface area is 198 Å². The number of fused-ring (bicyclic) bond motifs is 1. The molecule has 2 N–H and O–H groups in total. The van der Waals surface area contributed by atoms with Crippen LogP contribution in [-0.4, -0.2) is 43.1 Å². The summed E-state index contributed by atoms with van der Waals surface area (Å²) in [5.41, 5.74) is 2.61. The van der Waals surface area contributed by atoms with Gasteiger partial charge in [0.2, 0.25) is 0 Å². The van der Waals surface area contributed by atoms with Gasteiger partial charge in [0.15, 0.2) is 0 Å². The van der Waals surface area contributed by atoms with Gasteiger partial charge in [-0.3, -0.25) is 0 Å². The van der Waals surface area contributed by atoms with Crippen molar-refractivity contribution in [2.24, 2.45) is 0 Å². The molecular formula is C25H24N6O2S. The predicted molar refractivity (Wildman–Crippen MR) is 133 cm³/mol. The van der Waals surface area contributed by atoms with E-state index < -0.39 is 10.0 Å². The van der Waals surface area contributed by atoms with Crippen LogP contribution in [0, 0.1) is 11.3 Å². The van der Waals surface area contributed by atoms with Crippen LogP contribution in [0.4, 0.5) is 17.2 Å². The Hall–Kier alpha value is -3.87. The first-order valence-electron chi connectivity index (χ1n) is 11.0. The van der Waals surface area contributed by atoms with Crippen molar-refractivity contribution in [1.82, 2.24) is 14.3 Å². The van der Waals surface area contributed by atoms with E-state index in [1.807, 2.05) is 18.2 Å². The maximum Gasteiger partial charge on any atom is 0.269 e. The molecular weight excluding hydrogens is 448 g/mol. The SMILES string of the molecule is C[C@@H]1CNCCN1c1ccc(Nc2cc3c(ccn3S(=O)(=O)c3ccccc3C#N)cn2)cc1. The molecule has 1 aliphatic heterocycles. The average molecular weight is 473 g/mol. The zero-order valence-corrected chi connectivity index (χ0v) is 19.5. The van der Waals surface area contributed by atoms with E-state index in [4.69, 9.17) is 0 Å². The summed E-state index contributed by atoms with van der Waals surface area (Å²) >= 11 is 0. The maximum absolute atomic E-state index is 13.3. The molecule has 3 heterocycles. The van der Waals surface area contributed by atoms with E-state index in [-0.39, 0.29) is 10.5 Å².